The van der Waals surface area contributed by atoms with Crippen LogP contribution in [0.25, 0.3) is 0 Å². The van der Waals surface area contributed by atoms with Crippen molar-refractivity contribution < 1.29 is 9.90 Å². The van der Waals surface area contributed by atoms with Gasteiger partial charge in [-0.2, -0.15) is 0 Å². The maximum Gasteiger partial charge on any atom is 0.234 e. The lowest BCUT2D eigenvalue weighted by atomic mass is 9.83. The first kappa shape index (κ1) is 15.2. The fraction of sp³-hybridized carbons (Fsp3) is 0.529. The molecule has 1 aromatic heterocycles. The largest absolute Gasteiger partial charge is 0.383 e. The van der Waals surface area contributed by atoms with Crippen LogP contribution in [0, 0.1) is 0 Å². The van der Waals surface area contributed by atoms with E-state index < -0.39 is 5.60 Å². The fourth-order valence-corrected chi connectivity index (χ4v) is 3.83. The van der Waals surface area contributed by atoms with E-state index in [0.29, 0.717) is 25.9 Å². The van der Waals surface area contributed by atoms with Crippen LogP contribution >= 0.6 is 0 Å². The summed E-state index contributed by atoms with van der Waals surface area (Å²) >= 11 is 0. The molecule has 118 valence electrons. The normalized spacial score (nSPS) is 31.0. The number of nitrogens with zero attached hydrogens (tertiary/aromatic N) is 2. The van der Waals surface area contributed by atoms with Crippen LogP contribution in [0.15, 0.2) is 37.1 Å². The highest BCUT2D eigenvalue weighted by Crippen LogP contribution is 2.44. The van der Waals surface area contributed by atoms with Crippen molar-refractivity contribution in [2.24, 2.45) is 0 Å². The zero-order valence-electron chi connectivity index (χ0n) is 12.7. The molecule has 0 saturated carbocycles. The second-order valence-electron chi connectivity index (χ2n) is 6.30. The minimum Gasteiger partial charge on any atom is -0.383 e. The molecule has 1 aromatic rings. The summed E-state index contributed by atoms with van der Waals surface area (Å²) in [5.41, 5.74) is -0.107. The lowest BCUT2D eigenvalue weighted by Crippen LogP contribution is -2.52. The Morgan fingerprint density at radius 3 is 2.77 bits per heavy atom. The Balaban J connectivity index is 1.69. The number of piperidine rings is 1. The molecule has 5 heteroatoms. The Kier molecular flexibility index (Phi) is 4.27. The average Bonchev–Trinajstić information content (AvgIpc) is 2.77. The SMILES string of the molecule is C=CCNC(=O)CN1[C@@H]2CC[C@@H]1CC(O)(c1ccccn1)C2. The average molecular weight is 301 g/mol. The number of aromatic nitrogens is 1. The summed E-state index contributed by atoms with van der Waals surface area (Å²) in [5, 5.41) is 13.8. The van der Waals surface area contributed by atoms with Gasteiger partial charge in [0.2, 0.25) is 5.91 Å². The molecule has 3 rings (SSSR count). The van der Waals surface area contributed by atoms with Crippen LogP contribution in [-0.2, 0) is 10.4 Å². The zero-order valence-corrected chi connectivity index (χ0v) is 12.7. The van der Waals surface area contributed by atoms with Crippen LogP contribution in [0.2, 0.25) is 0 Å². The Labute approximate surface area is 131 Å². The number of aliphatic hydroxyl groups is 1. The highest BCUT2D eigenvalue weighted by Gasteiger charge is 2.49. The number of hydrogen-bond acceptors (Lipinski definition) is 4. The highest BCUT2D eigenvalue weighted by molar-refractivity contribution is 5.78. The topological polar surface area (TPSA) is 65.5 Å². The van der Waals surface area contributed by atoms with E-state index in [1.54, 1.807) is 12.3 Å². The predicted molar refractivity (Wildman–Crippen MR) is 84.1 cm³/mol. The van der Waals surface area contributed by atoms with Crippen molar-refractivity contribution in [3.63, 3.8) is 0 Å². The number of carbonyl (C=O) groups excluding carboxylic acids is 1. The van der Waals surface area contributed by atoms with Gasteiger partial charge in [0.15, 0.2) is 0 Å². The molecule has 2 atom stereocenters. The van der Waals surface area contributed by atoms with Gasteiger partial charge in [0.05, 0.1) is 12.2 Å². The number of carbonyl (C=O) groups is 1. The molecule has 1 amide bonds. The summed E-state index contributed by atoms with van der Waals surface area (Å²) in [6.45, 7) is 4.51. The summed E-state index contributed by atoms with van der Waals surface area (Å²) in [6, 6.07) is 6.17. The van der Waals surface area contributed by atoms with Gasteiger partial charge < -0.3 is 10.4 Å². The zero-order chi connectivity index (χ0) is 15.6. The van der Waals surface area contributed by atoms with Gasteiger partial charge in [-0.15, -0.1) is 6.58 Å². The van der Waals surface area contributed by atoms with Gasteiger partial charge in [0.1, 0.15) is 5.60 Å². The number of amides is 1. The Morgan fingerprint density at radius 1 is 1.45 bits per heavy atom. The Morgan fingerprint density at radius 2 is 2.18 bits per heavy atom. The van der Waals surface area contributed by atoms with Crippen LogP contribution in [0.5, 0.6) is 0 Å². The van der Waals surface area contributed by atoms with Gasteiger partial charge in [-0.1, -0.05) is 12.1 Å². The van der Waals surface area contributed by atoms with Gasteiger partial charge in [0, 0.05) is 24.8 Å². The van der Waals surface area contributed by atoms with Gasteiger partial charge >= 0.3 is 0 Å². The molecule has 2 N–H and O–H groups in total. The van der Waals surface area contributed by atoms with E-state index in [9.17, 15) is 9.90 Å². The maximum atomic E-state index is 11.9. The first-order valence-corrected chi connectivity index (χ1v) is 7.89. The first-order chi connectivity index (χ1) is 10.6. The number of hydrogen-bond donors (Lipinski definition) is 2. The number of rotatable bonds is 5. The quantitative estimate of drug-likeness (QED) is 0.802. The molecule has 0 aliphatic carbocycles. The van der Waals surface area contributed by atoms with Gasteiger partial charge in [-0.05, 0) is 37.8 Å². The van der Waals surface area contributed by atoms with Crippen molar-refractivity contribution in [2.45, 2.75) is 43.4 Å². The summed E-state index contributed by atoms with van der Waals surface area (Å²) < 4.78 is 0. The third-order valence-corrected chi connectivity index (χ3v) is 4.83. The molecule has 0 unspecified atom stereocenters. The Hall–Kier alpha value is -1.72. The molecular formula is C17H23N3O2. The first-order valence-electron chi connectivity index (χ1n) is 7.89. The van der Waals surface area contributed by atoms with Crippen molar-refractivity contribution in [1.29, 1.82) is 0 Å². The fourth-order valence-electron chi connectivity index (χ4n) is 3.83. The molecule has 3 heterocycles. The van der Waals surface area contributed by atoms with Crippen molar-refractivity contribution in [1.82, 2.24) is 15.2 Å². The molecule has 2 bridgehead atoms. The molecule has 2 fully saturated rings. The van der Waals surface area contributed by atoms with E-state index in [2.05, 4.69) is 21.8 Å². The van der Waals surface area contributed by atoms with E-state index in [4.69, 9.17) is 0 Å². The summed E-state index contributed by atoms with van der Waals surface area (Å²) in [5.74, 6) is 0.0278. The van der Waals surface area contributed by atoms with E-state index in [-0.39, 0.29) is 18.0 Å². The highest BCUT2D eigenvalue weighted by atomic mass is 16.3. The standard InChI is InChI=1S/C17H23N3O2/c1-2-8-19-16(21)12-20-13-6-7-14(20)11-17(22,10-13)15-5-3-4-9-18-15/h2-5,9,13-14,22H,1,6-8,10-12H2,(H,19,21)/t13-,14-/m1/s1. The molecular weight excluding hydrogens is 278 g/mol. The lowest BCUT2D eigenvalue weighted by molar-refractivity contribution is -0.125. The van der Waals surface area contributed by atoms with Crippen LogP contribution in [0.3, 0.4) is 0 Å². The third kappa shape index (κ3) is 2.91. The molecule has 0 radical (unpaired) electrons. The molecule has 2 aliphatic heterocycles. The van der Waals surface area contributed by atoms with E-state index in [1.807, 2.05) is 18.2 Å². The molecule has 2 aliphatic rings. The van der Waals surface area contributed by atoms with Gasteiger partial charge in [-0.25, -0.2) is 0 Å². The minimum atomic E-state index is -0.860. The molecule has 0 aromatic carbocycles. The van der Waals surface area contributed by atoms with Crippen LogP contribution in [0.4, 0.5) is 0 Å². The lowest BCUT2D eigenvalue weighted by Gasteiger charge is -2.43. The molecule has 2 saturated heterocycles. The predicted octanol–water partition coefficient (Wildman–Crippen LogP) is 1.20. The van der Waals surface area contributed by atoms with Crippen molar-refractivity contribution in [3.05, 3.63) is 42.7 Å². The second kappa shape index (κ2) is 6.18. The van der Waals surface area contributed by atoms with E-state index in [0.717, 1.165) is 18.5 Å². The summed E-state index contributed by atoms with van der Waals surface area (Å²) in [4.78, 5) is 18.5. The molecule has 0 spiro atoms. The van der Waals surface area contributed by atoms with Crippen LogP contribution in [0.1, 0.15) is 31.4 Å². The summed E-state index contributed by atoms with van der Waals surface area (Å²) in [6.07, 6.45) is 6.78. The van der Waals surface area contributed by atoms with Crippen molar-refractivity contribution in [2.75, 3.05) is 13.1 Å². The number of fused-ring (bicyclic) bond motifs is 2. The van der Waals surface area contributed by atoms with E-state index >= 15 is 0 Å². The Bertz CT molecular complexity index is 532. The number of nitrogens with one attached hydrogen (secondary N) is 1. The van der Waals surface area contributed by atoms with Crippen molar-refractivity contribution in [3.8, 4) is 0 Å². The molecule has 5 nitrogen and oxygen atoms in total. The van der Waals surface area contributed by atoms with E-state index in [1.165, 1.54) is 0 Å². The van der Waals surface area contributed by atoms with Gasteiger partial charge in [0.25, 0.3) is 0 Å². The number of pyridine rings is 1. The second-order valence-corrected chi connectivity index (χ2v) is 6.30. The molecule has 22 heavy (non-hydrogen) atoms. The smallest absolute Gasteiger partial charge is 0.234 e. The van der Waals surface area contributed by atoms with Crippen molar-refractivity contribution >= 4 is 5.91 Å². The maximum absolute atomic E-state index is 11.9. The third-order valence-electron chi connectivity index (χ3n) is 4.83. The van der Waals surface area contributed by atoms with Gasteiger partial charge in [-0.3, -0.25) is 14.7 Å². The summed E-state index contributed by atoms with van der Waals surface area (Å²) in [7, 11) is 0. The minimum absolute atomic E-state index is 0.0278. The monoisotopic (exact) mass is 301 g/mol. The van der Waals surface area contributed by atoms with Crippen LogP contribution < -0.4 is 5.32 Å². The van der Waals surface area contributed by atoms with Crippen LogP contribution in [-0.4, -0.2) is 46.1 Å².